The highest BCUT2D eigenvalue weighted by atomic mass is 16.6. The van der Waals surface area contributed by atoms with Crippen molar-refractivity contribution in [1.82, 2.24) is 9.80 Å². The van der Waals surface area contributed by atoms with Gasteiger partial charge in [-0.1, -0.05) is 60.7 Å². The summed E-state index contributed by atoms with van der Waals surface area (Å²) in [6.45, 7) is 2.30. The molecule has 2 saturated heterocycles. The molecule has 27 heavy (non-hydrogen) atoms. The van der Waals surface area contributed by atoms with E-state index in [1.165, 1.54) is 16.0 Å². The average molecular weight is 364 g/mol. The average Bonchev–Trinajstić information content (AvgIpc) is 3.13. The standard InChI is InChI=1S/C22H24N2O3/c25-20(16-23-14-15-27-21(23)26)24-13-7-12-22(17-24,18-8-3-1-4-9-18)19-10-5-2-6-11-19/h1-6,8-11H,7,12-17H2. The minimum Gasteiger partial charge on any atom is -0.448 e. The monoisotopic (exact) mass is 364 g/mol. The number of benzene rings is 2. The van der Waals surface area contributed by atoms with Crippen LogP contribution >= 0.6 is 0 Å². The van der Waals surface area contributed by atoms with Crippen LogP contribution in [0.25, 0.3) is 0 Å². The Hall–Kier alpha value is -2.82. The van der Waals surface area contributed by atoms with E-state index in [4.69, 9.17) is 4.74 Å². The first kappa shape index (κ1) is 17.6. The van der Waals surface area contributed by atoms with Crippen LogP contribution < -0.4 is 0 Å². The van der Waals surface area contributed by atoms with Crippen LogP contribution in [0.5, 0.6) is 0 Å². The number of ether oxygens (including phenoxy) is 1. The van der Waals surface area contributed by atoms with Gasteiger partial charge < -0.3 is 9.64 Å². The fraction of sp³-hybridized carbons (Fsp3) is 0.364. The summed E-state index contributed by atoms with van der Waals surface area (Å²) in [6.07, 6.45) is 1.54. The number of hydrogen-bond donors (Lipinski definition) is 0. The summed E-state index contributed by atoms with van der Waals surface area (Å²) in [4.78, 5) is 28.0. The molecule has 5 heteroatoms. The molecule has 0 bridgehead atoms. The zero-order chi connectivity index (χ0) is 18.7. The van der Waals surface area contributed by atoms with Gasteiger partial charge in [0.2, 0.25) is 5.91 Å². The first-order valence-electron chi connectivity index (χ1n) is 9.50. The van der Waals surface area contributed by atoms with Gasteiger partial charge in [0.1, 0.15) is 13.2 Å². The highest BCUT2D eigenvalue weighted by Gasteiger charge is 2.40. The first-order chi connectivity index (χ1) is 13.2. The number of hydrogen-bond acceptors (Lipinski definition) is 3. The molecule has 2 heterocycles. The van der Waals surface area contributed by atoms with Gasteiger partial charge in [0.05, 0.1) is 6.54 Å². The second-order valence-corrected chi connectivity index (χ2v) is 7.27. The number of piperidine rings is 1. The van der Waals surface area contributed by atoms with Crippen molar-refractivity contribution in [1.29, 1.82) is 0 Å². The van der Waals surface area contributed by atoms with Crippen LogP contribution in [0.3, 0.4) is 0 Å². The van der Waals surface area contributed by atoms with Crippen molar-refractivity contribution in [3.63, 3.8) is 0 Å². The third-order valence-corrected chi connectivity index (χ3v) is 5.67. The molecule has 140 valence electrons. The Morgan fingerprint density at radius 3 is 2.15 bits per heavy atom. The second kappa shape index (κ2) is 7.43. The lowest BCUT2D eigenvalue weighted by Gasteiger charge is -2.44. The Morgan fingerprint density at radius 1 is 0.963 bits per heavy atom. The molecule has 2 fully saturated rings. The Morgan fingerprint density at radius 2 is 1.59 bits per heavy atom. The Labute approximate surface area is 159 Å². The van der Waals surface area contributed by atoms with Gasteiger partial charge in [-0.05, 0) is 24.0 Å². The van der Waals surface area contributed by atoms with Crippen molar-refractivity contribution in [3.8, 4) is 0 Å². The van der Waals surface area contributed by atoms with Gasteiger partial charge in [0.25, 0.3) is 0 Å². The van der Waals surface area contributed by atoms with Gasteiger partial charge in [0, 0.05) is 18.5 Å². The molecular formula is C22H24N2O3. The number of cyclic esters (lactones) is 1. The van der Waals surface area contributed by atoms with Crippen LogP contribution in [0, 0.1) is 0 Å². The van der Waals surface area contributed by atoms with Crippen LogP contribution in [-0.4, -0.2) is 54.6 Å². The molecule has 5 nitrogen and oxygen atoms in total. The maximum Gasteiger partial charge on any atom is 0.410 e. The fourth-order valence-corrected chi connectivity index (χ4v) is 4.25. The lowest BCUT2D eigenvalue weighted by atomic mass is 9.69. The molecule has 0 radical (unpaired) electrons. The van der Waals surface area contributed by atoms with Crippen LogP contribution in [-0.2, 0) is 14.9 Å². The molecule has 0 saturated carbocycles. The third-order valence-electron chi connectivity index (χ3n) is 5.67. The number of carbonyl (C=O) groups excluding carboxylic acids is 2. The van der Waals surface area contributed by atoms with Crippen LogP contribution in [0.1, 0.15) is 24.0 Å². The summed E-state index contributed by atoms with van der Waals surface area (Å²) < 4.78 is 4.95. The predicted molar refractivity (Wildman–Crippen MR) is 102 cm³/mol. The highest BCUT2D eigenvalue weighted by Crippen LogP contribution is 2.40. The van der Waals surface area contributed by atoms with Gasteiger partial charge in [-0.3, -0.25) is 9.69 Å². The molecule has 4 rings (SSSR count). The van der Waals surface area contributed by atoms with Gasteiger partial charge in [-0.25, -0.2) is 4.79 Å². The normalized spacial score (nSPS) is 19.0. The van der Waals surface area contributed by atoms with Crippen molar-refractivity contribution in [2.45, 2.75) is 18.3 Å². The van der Waals surface area contributed by atoms with E-state index in [-0.39, 0.29) is 17.9 Å². The molecule has 2 aromatic carbocycles. The van der Waals surface area contributed by atoms with Gasteiger partial charge in [-0.15, -0.1) is 0 Å². The first-order valence-corrected chi connectivity index (χ1v) is 9.50. The van der Waals surface area contributed by atoms with Crippen molar-refractivity contribution in [2.75, 3.05) is 32.8 Å². The van der Waals surface area contributed by atoms with Crippen molar-refractivity contribution >= 4 is 12.0 Å². The summed E-state index contributed by atoms with van der Waals surface area (Å²) in [5, 5.41) is 0. The van der Waals surface area contributed by atoms with Gasteiger partial charge in [0.15, 0.2) is 0 Å². The lowest BCUT2D eigenvalue weighted by molar-refractivity contribution is -0.133. The summed E-state index contributed by atoms with van der Waals surface area (Å²) in [6, 6.07) is 20.9. The fourth-order valence-electron chi connectivity index (χ4n) is 4.25. The molecule has 2 aliphatic rings. The minimum atomic E-state index is -0.391. The van der Waals surface area contributed by atoms with Crippen LogP contribution in [0.2, 0.25) is 0 Å². The van der Waals surface area contributed by atoms with E-state index in [2.05, 4.69) is 48.5 Å². The molecule has 2 amide bonds. The van der Waals surface area contributed by atoms with E-state index in [1.807, 2.05) is 17.0 Å². The number of rotatable bonds is 4. The third kappa shape index (κ3) is 3.42. The smallest absolute Gasteiger partial charge is 0.410 e. The molecule has 0 unspecified atom stereocenters. The van der Waals surface area contributed by atoms with Gasteiger partial charge >= 0.3 is 6.09 Å². The molecule has 0 atom stereocenters. The Kier molecular flexibility index (Phi) is 4.84. The molecule has 2 aliphatic heterocycles. The SMILES string of the molecule is O=C(CN1CCOC1=O)N1CCCC(c2ccccc2)(c2ccccc2)C1. The highest BCUT2D eigenvalue weighted by molar-refractivity contribution is 5.83. The molecule has 0 aliphatic carbocycles. The quantitative estimate of drug-likeness (QED) is 0.838. The molecule has 2 aromatic rings. The molecule has 0 N–H and O–H groups in total. The topological polar surface area (TPSA) is 49.9 Å². The molecular weight excluding hydrogens is 340 g/mol. The summed E-state index contributed by atoms with van der Waals surface area (Å²) >= 11 is 0. The van der Waals surface area contributed by atoms with E-state index in [9.17, 15) is 9.59 Å². The zero-order valence-electron chi connectivity index (χ0n) is 15.3. The minimum absolute atomic E-state index is 0.00946. The molecule has 0 aromatic heterocycles. The van der Waals surface area contributed by atoms with Gasteiger partial charge in [-0.2, -0.15) is 0 Å². The van der Waals surface area contributed by atoms with E-state index in [1.54, 1.807) is 0 Å². The zero-order valence-corrected chi connectivity index (χ0v) is 15.3. The molecule has 0 spiro atoms. The van der Waals surface area contributed by atoms with Crippen molar-refractivity contribution in [3.05, 3.63) is 71.8 Å². The summed E-state index contributed by atoms with van der Waals surface area (Å²) in [5.41, 5.74) is 2.24. The summed E-state index contributed by atoms with van der Waals surface area (Å²) in [7, 11) is 0. The Bertz CT molecular complexity index is 767. The van der Waals surface area contributed by atoms with E-state index in [0.29, 0.717) is 19.7 Å². The maximum absolute atomic E-state index is 12.9. The maximum atomic E-state index is 12.9. The van der Waals surface area contributed by atoms with Crippen molar-refractivity contribution in [2.24, 2.45) is 0 Å². The van der Waals surface area contributed by atoms with E-state index >= 15 is 0 Å². The largest absolute Gasteiger partial charge is 0.448 e. The number of carbonyl (C=O) groups is 2. The van der Waals surface area contributed by atoms with E-state index < -0.39 is 6.09 Å². The van der Waals surface area contributed by atoms with Crippen molar-refractivity contribution < 1.29 is 14.3 Å². The number of nitrogens with zero attached hydrogens (tertiary/aromatic N) is 2. The number of amides is 2. The Balaban J connectivity index is 1.62. The predicted octanol–water partition coefficient (Wildman–Crippen LogP) is 3.05. The number of likely N-dealkylation sites (tertiary alicyclic amines) is 1. The van der Waals surface area contributed by atoms with Crippen LogP contribution in [0.4, 0.5) is 4.79 Å². The lowest BCUT2D eigenvalue weighted by Crippen LogP contribution is -2.51. The second-order valence-electron chi connectivity index (χ2n) is 7.27. The van der Waals surface area contributed by atoms with Crippen LogP contribution in [0.15, 0.2) is 60.7 Å². The van der Waals surface area contributed by atoms with E-state index in [0.717, 1.165) is 19.4 Å². The summed E-state index contributed by atoms with van der Waals surface area (Å²) in [5.74, 6) is -0.00946.